The van der Waals surface area contributed by atoms with Crippen LogP contribution in [0.15, 0.2) is 18.2 Å². The number of rotatable bonds is 1. The van der Waals surface area contributed by atoms with Gasteiger partial charge in [-0.1, -0.05) is 11.6 Å². The van der Waals surface area contributed by atoms with Crippen LogP contribution in [0.25, 0.3) is 0 Å². The van der Waals surface area contributed by atoms with E-state index in [0.29, 0.717) is 5.02 Å². The number of hydrogen-bond donors (Lipinski definition) is 1. The van der Waals surface area contributed by atoms with Crippen LogP contribution in [-0.4, -0.2) is 24.0 Å². The number of halogens is 2. The van der Waals surface area contributed by atoms with Crippen molar-refractivity contribution in [1.29, 1.82) is 0 Å². The summed E-state index contributed by atoms with van der Waals surface area (Å²) >= 11 is 5.62. The Balaban J connectivity index is 2.05. The predicted octanol–water partition coefficient (Wildman–Crippen LogP) is 3.11. The zero-order valence-corrected chi connectivity index (χ0v) is 9.43. The van der Waals surface area contributed by atoms with E-state index in [1.807, 2.05) is 0 Å². The first-order chi connectivity index (χ1) is 7.66. The van der Waals surface area contributed by atoms with Crippen LogP contribution in [0.3, 0.4) is 0 Å². The standard InChI is InChI=1S/C11H12ClFN2O/c12-8-3-4-10(9(13)7-8)14-11(16)15-5-1-2-6-15/h3-4,7H,1-2,5-6H2,(H,14,16). The molecule has 86 valence electrons. The summed E-state index contributed by atoms with van der Waals surface area (Å²) in [6.45, 7) is 1.47. The number of anilines is 1. The first-order valence-electron chi connectivity index (χ1n) is 5.18. The highest BCUT2D eigenvalue weighted by Gasteiger charge is 2.18. The van der Waals surface area contributed by atoms with Crippen LogP contribution >= 0.6 is 11.6 Å². The molecular formula is C11H12ClFN2O. The lowest BCUT2D eigenvalue weighted by Crippen LogP contribution is -2.32. The Morgan fingerprint density at radius 1 is 1.38 bits per heavy atom. The second-order valence-corrected chi connectivity index (χ2v) is 4.18. The normalized spacial score (nSPS) is 15.2. The van der Waals surface area contributed by atoms with E-state index in [2.05, 4.69) is 5.32 Å². The second-order valence-electron chi connectivity index (χ2n) is 3.75. The van der Waals surface area contributed by atoms with E-state index in [1.165, 1.54) is 12.1 Å². The molecule has 16 heavy (non-hydrogen) atoms. The number of urea groups is 1. The molecule has 0 aliphatic carbocycles. The highest BCUT2D eigenvalue weighted by Crippen LogP contribution is 2.19. The maximum atomic E-state index is 13.4. The molecule has 1 heterocycles. The van der Waals surface area contributed by atoms with Crippen molar-refractivity contribution in [2.75, 3.05) is 18.4 Å². The van der Waals surface area contributed by atoms with Crippen LogP contribution in [0.2, 0.25) is 5.02 Å². The van der Waals surface area contributed by atoms with Gasteiger partial charge in [0.05, 0.1) is 5.69 Å². The van der Waals surface area contributed by atoms with E-state index in [1.54, 1.807) is 11.0 Å². The Morgan fingerprint density at radius 3 is 2.69 bits per heavy atom. The van der Waals surface area contributed by atoms with Gasteiger partial charge in [-0.05, 0) is 31.0 Å². The zero-order valence-electron chi connectivity index (χ0n) is 8.67. The number of benzene rings is 1. The van der Waals surface area contributed by atoms with Crippen LogP contribution in [0.1, 0.15) is 12.8 Å². The van der Waals surface area contributed by atoms with E-state index in [9.17, 15) is 9.18 Å². The second kappa shape index (κ2) is 4.70. The maximum Gasteiger partial charge on any atom is 0.321 e. The smallest absolute Gasteiger partial charge is 0.321 e. The van der Waals surface area contributed by atoms with Gasteiger partial charge in [-0.25, -0.2) is 9.18 Å². The van der Waals surface area contributed by atoms with Gasteiger partial charge in [-0.3, -0.25) is 0 Å². The number of carbonyl (C=O) groups is 1. The number of amides is 2. The van der Waals surface area contributed by atoms with Gasteiger partial charge in [-0.15, -0.1) is 0 Å². The molecule has 1 aromatic rings. The fourth-order valence-corrected chi connectivity index (χ4v) is 1.86. The van der Waals surface area contributed by atoms with Crippen molar-refractivity contribution < 1.29 is 9.18 Å². The summed E-state index contributed by atoms with van der Waals surface area (Å²) in [7, 11) is 0. The molecule has 0 saturated carbocycles. The molecule has 1 aromatic carbocycles. The first-order valence-corrected chi connectivity index (χ1v) is 5.55. The summed E-state index contributed by atoms with van der Waals surface area (Å²) in [5.41, 5.74) is 0.168. The van der Waals surface area contributed by atoms with Gasteiger partial charge in [-0.2, -0.15) is 0 Å². The van der Waals surface area contributed by atoms with Crippen molar-refractivity contribution in [2.45, 2.75) is 12.8 Å². The van der Waals surface area contributed by atoms with Crippen LogP contribution in [0.4, 0.5) is 14.9 Å². The third kappa shape index (κ3) is 2.44. The molecule has 2 amide bonds. The van der Waals surface area contributed by atoms with Crippen LogP contribution in [0.5, 0.6) is 0 Å². The van der Waals surface area contributed by atoms with Gasteiger partial charge >= 0.3 is 6.03 Å². The molecule has 2 rings (SSSR count). The van der Waals surface area contributed by atoms with Crippen molar-refractivity contribution in [1.82, 2.24) is 4.90 Å². The van der Waals surface area contributed by atoms with Gasteiger partial charge in [0.1, 0.15) is 5.82 Å². The molecule has 0 atom stereocenters. The molecular weight excluding hydrogens is 231 g/mol. The van der Waals surface area contributed by atoms with Crippen molar-refractivity contribution in [3.8, 4) is 0 Å². The van der Waals surface area contributed by atoms with Crippen molar-refractivity contribution >= 4 is 23.3 Å². The van der Waals surface area contributed by atoms with Gasteiger partial charge in [0.15, 0.2) is 0 Å². The Bertz CT molecular complexity index is 405. The molecule has 0 radical (unpaired) electrons. The van der Waals surface area contributed by atoms with Crippen molar-refractivity contribution in [3.05, 3.63) is 29.0 Å². The topological polar surface area (TPSA) is 32.3 Å². The average molecular weight is 243 g/mol. The largest absolute Gasteiger partial charge is 0.325 e. The average Bonchev–Trinajstić information content (AvgIpc) is 2.75. The summed E-state index contributed by atoms with van der Waals surface area (Å²) in [6, 6.07) is 3.94. The SMILES string of the molecule is O=C(Nc1ccc(Cl)cc1F)N1CCCC1. The number of likely N-dealkylation sites (tertiary alicyclic amines) is 1. The predicted molar refractivity (Wildman–Crippen MR) is 61.2 cm³/mol. The third-order valence-electron chi connectivity index (χ3n) is 2.57. The number of nitrogens with zero attached hydrogens (tertiary/aromatic N) is 1. The lowest BCUT2D eigenvalue weighted by Gasteiger charge is -2.16. The fraction of sp³-hybridized carbons (Fsp3) is 0.364. The Kier molecular flexibility index (Phi) is 3.29. The minimum Gasteiger partial charge on any atom is -0.325 e. The van der Waals surface area contributed by atoms with Crippen LogP contribution in [0, 0.1) is 5.82 Å². The monoisotopic (exact) mass is 242 g/mol. The lowest BCUT2D eigenvalue weighted by atomic mass is 10.3. The molecule has 1 N–H and O–H groups in total. The summed E-state index contributed by atoms with van der Waals surface area (Å²) in [4.78, 5) is 13.3. The van der Waals surface area contributed by atoms with E-state index in [4.69, 9.17) is 11.6 Å². The minimum atomic E-state index is -0.514. The van der Waals surface area contributed by atoms with Crippen LogP contribution in [-0.2, 0) is 0 Å². The molecule has 0 bridgehead atoms. The van der Waals surface area contributed by atoms with Gasteiger partial charge in [0.2, 0.25) is 0 Å². The molecule has 3 nitrogen and oxygen atoms in total. The molecule has 0 unspecified atom stereocenters. The molecule has 1 aliphatic heterocycles. The van der Waals surface area contributed by atoms with Gasteiger partial charge < -0.3 is 10.2 Å². The minimum absolute atomic E-state index is 0.168. The van der Waals surface area contributed by atoms with E-state index in [0.717, 1.165) is 25.9 Å². The Labute approximate surface area is 98.2 Å². The molecule has 1 aliphatic rings. The summed E-state index contributed by atoms with van der Waals surface area (Å²) in [5.74, 6) is -0.514. The molecule has 5 heteroatoms. The van der Waals surface area contributed by atoms with Crippen molar-refractivity contribution in [2.24, 2.45) is 0 Å². The third-order valence-corrected chi connectivity index (χ3v) is 2.80. The first kappa shape index (κ1) is 11.2. The number of nitrogens with one attached hydrogen (secondary N) is 1. The summed E-state index contributed by atoms with van der Waals surface area (Å²) < 4.78 is 13.4. The highest BCUT2D eigenvalue weighted by molar-refractivity contribution is 6.30. The molecule has 1 fully saturated rings. The highest BCUT2D eigenvalue weighted by atomic mass is 35.5. The zero-order chi connectivity index (χ0) is 11.5. The van der Waals surface area contributed by atoms with Crippen molar-refractivity contribution in [3.63, 3.8) is 0 Å². The van der Waals surface area contributed by atoms with E-state index in [-0.39, 0.29) is 11.7 Å². The van der Waals surface area contributed by atoms with E-state index < -0.39 is 5.82 Å². The number of hydrogen-bond acceptors (Lipinski definition) is 1. The lowest BCUT2D eigenvalue weighted by molar-refractivity contribution is 0.222. The molecule has 0 spiro atoms. The quantitative estimate of drug-likeness (QED) is 0.806. The van der Waals surface area contributed by atoms with Gasteiger partial charge in [0.25, 0.3) is 0 Å². The number of carbonyl (C=O) groups excluding carboxylic acids is 1. The van der Waals surface area contributed by atoms with Gasteiger partial charge in [0, 0.05) is 18.1 Å². The molecule has 0 aromatic heterocycles. The maximum absolute atomic E-state index is 13.4. The van der Waals surface area contributed by atoms with Crippen LogP contribution < -0.4 is 5.32 Å². The molecule has 1 saturated heterocycles. The fourth-order valence-electron chi connectivity index (χ4n) is 1.71. The summed E-state index contributed by atoms with van der Waals surface area (Å²) in [6.07, 6.45) is 2.02. The van der Waals surface area contributed by atoms with E-state index >= 15 is 0 Å². The summed E-state index contributed by atoms with van der Waals surface area (Å²) in [5, 5.41) is 2.85. The Morgan fingerprint density at radius 2 is 2.06 bits per heavy atom. The Hall–Kier alpha value is -1.29.